The maximum absolute atomic E-state index is 12.1. The van der Waals surface area contributed by atoms with E-state index in [9.17, 15) is 13.2 Å². The summed E-state index contributed by atoms with van der Waals surface area (Å²) < 4.78 is 31.5. The van der Waals surface area contributed by atoms with Gasteiger partial charge in [-0.3, -0.25) is 4.72 Å². The van der Waals surface area contributed by atoms with Crippen LogP contribution in [0.15, 0.2) is 27.1 Å². The summed E-state index contributed by atoms with van der Waals surface area (Å²) in [6.45, 7) is 1.73. The maximum atomic E-state index is 12.1. The molecule has 102 valence electrons. The van der Waals surface area contributed by atoms with E-state index in [1.54, 1.807) is 23.8 Å². The van der Waals surface area contributed by atoms with Gasteiger partial charge in [-0.1, -0.05) is 6.07 Å². The quantitative estimate of drug-likeness (QED) is 0.880. The molecule has 0 aliphatic carbocycles. The van der Waals surface area contributed by atoms with E-state index in [1.165, 1.54) is 13.2 Å². The Morgan fingerprint density at radius 3 is 2.68 bits per heavy atom. The summed E-state index contributed by atoms with van der Waals surface area (Å²) in [5.74, 6) is -0.554. The van der Waals surface area contributed by atoms with Crippen LogP contribution in [0.2, 0.25) is 0 Å². The Labute approximate surface area is 118 Å². The van der Waals surface area contributed by atoms with Crippen LogP contribution in [0.5, 0.6) is 0 Å². The Balaban J connectivity index is 2.39. The van der Waals surface area contributed by atoms with Crippen LogP contribution >= 0.6 is 22.7 Å². The van der Waals surface area contributed by atoms with Crippen molar-refractivity contribution in [2.45, 2.75) is 11.1 Å². The van der Waals surface area contributed by atoms with Gasteiger partial charge in [0.15, 0.2) is 0 Å². The minimum atomic E-state index is -3.66. The zero-order valence-corrected chi connectivity index (χ0v) is 12.6. The van der Waals surface area contributed by atoms with Gasteiger partial charge < -0.3 is 4.74 Å². The van der Waals surface area contributed by atoms with Crippen LogP contribution in [-0.4, -0.2) is 21.5 Å². The topological polar surface area (TPSA) is 72.5 Å². The number of methoxy groups -OCH3 is 1. The Hall–Kier alpha value is -1.38. The van der Waals surface area contributed by atoms with Gasteiger partial charge in [-0.15, -0.1) is 22.7 Å². The third kappa shape index (κ3) is 2.80. The van der Waals surface area contributed by atoms with Gasteiger partial charge in [0.2, 0.25) is 0 Å². The van der Waals surface area contributed by atoms with Crippen molar-refractivity contribution in [2.24, 2.45) is 0 Å². The van der Waals surface area contributed by atoms with E-state index in [-0.39, 0.29) is 14.8 Å². The number of aryl methyl sites for hydroxylation is 1. The van der Waals surface area contributed by atoms with Crippen LogP contribution in [0.25, 0.3) is 0 Å². The number of hydrogen-bond donors (Lipinski definition) is 1. The molecule has 0 saturated carbocycles. The highest BCUT2D eigenvalue weighted by atomic mass is 32.2. The van der Waals surface area contributed by atoms with E-state index in [4.69, 9.17) is 0 Å². The van der Waals surface area contributed by atoms with Gasteiger partial charge in [0, 0.05) is 0 Å². The standard InChI is InChI=1S/C11H11NO4S3/c1-7-6-18-10(11(13)16-2)9(7)12-19(14,15)8-4-3-5-17-8/h3-6,12H,1-2H3. The normalized spacial score (nSPS) is 11.3. The Morgan fingerprint density at radius 2 is 2.11 bits per heavy atom. The van der Waals surface area contributed by atoms with E-state index in [0.717, 1.165) is 22.7 Å². The van der Waals surface area contributed by atoms with Crippen molar-refractivity contribution >= 4 is 44.4 Å². The zero-order valence-electron chi connectivity index (χ0n) is 10.2. The molecule has 0 bridgehead atoms. The van der Waals surface area contributed by atoms with Crippen molar-refractivity contribution in [1.82, 2.24) is 0 Å². The van der Waals surface area contributed by atoms with Crippen LogP contribution < -0.4 is 4.72 Å². The summed E-state index contributed by atoms with van der Waals surface area (Å²) >= 11 is 2.26. The summed E-state index contributed by atoms with van der Waals surface area (Å²) in [5, 5.41) is 3.38. The van der Waals surface area contributed by atoms with Crippen LogP contribution in [0.1, 0.15) is 15.2 Å². The Morgan fingerprint density at radius 1 is 1.37 bits per heavy atom. The lowest BCUT2D eigenvalue weighted by Crippen LogP contribution is -2.14. The molecule has 5 nitrogen and oxygen atoms in total. The highest BCUT2D eigenvalue weighted by Crippen LogP contribution is 2.31. The number of anilines is 1. The molecule has 2 aromatic heterocycles. The van der Waals surface area contributed by atoms with Gasteiger partial charge in [-0.25, -0.2) is 13.2 Å². The van der Waals surface area contributed by atoms with Crippen molar-refractivity contribution < 1.29 is 17.9 Å². The average Bonchev–Trinajstić information content (AvgIpc) is 3.00. The van der Waals surface area contributed by atoms with Crippen LogP contribution in [-0.2, 0) is 14.8 Å². The second-order valence-corrected chi connectivity index (χ2v) is 7.39. The van der Waals surface area contributed by atoms with E-state index >= 15 is 0 Å². The SMILES string of the molecule is COC(=O)c1scc(C)c1NS(=O)(=O)c1cccs1. The fourth-order valence-electron chi connectivity index (χ4n) is 1.42. The molecule has 0 aliphatic heterocycles. The third-order valence-electron chi connectivity index (χ3n) is 2.34. The molecule has 0 spiro atoms. The number of ether oxygens (including phenoxy) is 1. The summed E-state index contributed by atoms with van der Waals surface area (Å²) in [6, 6.07) is 3.16. The summed E-state index contributed by atoms with van der Waals surface area (Å²) in [5.41, 5.74) is 0.968. The Bertz CT molecular complexity index is 686. The van der Waals surface area contributed by atoms with Crippen LogP contribution in [0, 0.1) is 6.92 Å². The fourth-order valence-corrected chi connectivity index (χ4v) is 4.54. The lowest BCUT2D eigenvalue weighted by atomic mass is 10.3. The summed E-state index contributed by atoms with van der Waals surface area (Å²) in [7, 11) is -2.40. The molecule has 1 N–H and O–H groups in total. The molecule has 0 atom stereocenters. The van der Waals surface area contributed by atoms with E-state index in [1.807, 2.05) is 0 Å². The fraction of sp³-hybridized carbons (Fsp3) is 0.182. The summed E-state index contributed by atoms with van der Waals surface area (Å²) in [6.07, 6.45) is 0. The number of hydrogen-bond acceptors (Lipinski definition) is 6. The van der Waals surface area contributed by atoms with Gasteiger partial charge in [0.05, 0.1) is 12.8 Å². The average molecular weight is 317 g/mol. The predicted molar refractivity (Wildman–Crippen MR) is 75.5 cm³/mol. The van der Waals surface area contributed by atoms with Crippen molar-refractivity contribution in [3.63, 3.8) is 0 Å². The minimum absolute atomic E-state index is 0.203. The van der Waals surface area contributed by atoms with E-state index in [0.29, 0.717) is 5.56 Å². The zero-order chi connectivity index (χ0) is 14.0. The first kappa shape index (κ1) is 14.0. The molecule has 0 aromatic carbocycles. The number of rotatable bonds is 4. The lowest BCUT2D eigenvalue weighted by molar-refractivity contribution is 0.0607. The van der Waals surface area contributed by atoms with Crippen molar-refractivity contribution in [3.8, 4) is 0 Å². The van der Waals surface area contributed by atoms with Gasteiger partial charge in [-0.2, -0.15) is 0 Å². The first-order valence-electron chi connectivity index (χ1n) is 5.18. The molecule has 0 unspecified atom stereocenters. The molecule has 2 rings (SSSR count). The Kier molecular flexibility index (Phi) is 3.93. The third-order valence-corrected chi connectivity index (χ3v) is 6.17. The highest BCUT2D eigenvalue weighted by Gasteiger charge is 2.23. The molecular weight excluding hydrogens is 306 g/mol. The van der Waals surface area contributed by atoms with Gasteiger partial charge >= 0.3 is 5.97 Å². The van der Waals surface area contributed by atoms with Crippen molar-refractivity contribution in [1.29, 1.82) is 0 Å². The predicted octanol–water partition coefficient (Wildman–Crippen LogP) is 2.71. The van der Waals surface area contributed by atoms with Crippen LogP contribution in [0.3, 0.4) is 0 Å². The lowest BCUT2D eigenvalue weighted by Gasteiger charge is -2.08. The molecule has 2 heterocycles. The molecule has 0 aliphatic rings. The number of nitrogens with one attached hydrogen (secondary N) is 1. The number of thiophene rings is 2. The van der Waals surface area contributed by atoms with Crippen LogP contribution in [0.4, 0.5) is 5.69 Å². The number of sulfonamides is 1. The molecule has 0 fully saturated rings. The van der Waals surface area contributed by atoms with E-state index < -0.39 is 16.0 Å². The second kappa shape index (κ2) is 5.32. The molecular formula is C11H11NO4S3. The van der Waals surface area contributed by atoms with Gasteiger partial charge in [-0.05, 0) is 29.3 Å². The maximum Gasteiger partial charge on any atom is 0.350 e. The molecule has 0 radical (unpaired) electrons. The molecule has 19 heavy (non-hydrogen) atoms. The van der Waals surface area contributed by atoms with Crippen molar-refractivity contribution in [2.75, 3.05) is 11.8 Å². The monoisotopic (exact) mass is 317 g/mol. The number of esters is 1. The minimum Gasteiger partial charge on any atom is -0.465 e. The summed E-state index contributed by atoms with van der Waals surface area (Å²) in [4.78, 5) is 11.8. The molecule has 2 aromatic rings. The van der Waals surface area contributed by atoms with Gasteiger partial charge in [0.1, 0.15) is 9.09 Å². The van der Waals surface area contributed by atoms with Crippen molar-refractivity contribution in [3.05, 3.63) is 33.3 Å². The number of carbonyl (C=O) groups excluding carboxylic acids is 1. The molecule has 0 saturated heterocycles. The van der Waals surface area contributed by atoms with Gasteiger partial charge in [0.25, 0.3) is 10.0 Å². The first-order valence-corrected chi connectivity index (χ1v) is 8.42. The molecule has 0 amide bonds. The second-order valence-electron chi connectivity index (χ2n) is 3.65. The smallest absolute Gasteiger partial charge is 0.350 e. The first-order chi connectivity index (χ1) is 8.95. The number of carbonyl (C=O) groups is 1. The van der Waals surface area contributed by atoms with E-state index in [2.05, 4.69) is 9.46 Å². The largest absolute Gasteiger partial charge is 0.465 e. The molecule has 8 heteroatoms. The highest BCUT2D eigenvalue weighted by molar-refractivity contribution is 7.94.